The number of piperidine rings is 1. The van der Waals surface area contributed by atoms with Crippen LogP contribution in [-0.4, -0.2) is 55.1 Å². The van der Waals surface area contributed by atoms with Crippen molar-refractivity contribution in [3.05, 3.63) is 0 Å². The number of rotatable bonds is 9. The maximum atomic E-state index is 12.2. The highest BCUT2D eigenvalue weighted by Gasteiger charge is 2.31. The Labute approximate surface area is 126 Å². The zero-order valence-electron chi connectivity index (χ0n) is 12.5. The Morgan fingerprint density at radius 3 is 2.43 bits per heavy atom. The van der Waals surface area contributed by atoms with E-state index in [4.69, 9.17) is 10.2 Å². The molecule has 1 aliphatic rings. The van der Waals surface area contributed by atoms with Gasteiger partial charge in [0.1, 0.15) is 0 Å². The molecule has 0 aliphatic carbocycles. The third kappa shape index (κ3) is 5.90. The normalized spacial score (nSPS) is 19.5. The number of aliphatic hydroxyl groups is 1. The zero-order chi connectivity index (χ0) is 15.9. The van der Waals surface area contributed by atoms with Gasteiger partial charge in [-0.05, 0) is 31.6 Å². The molecule has 0 saturated carbocycles. The number of aliphatic carboxylic acids is 1. The van der Waals surface area contributed by atoms with Gasteiger partial charge in [-0.2, -0.15) is 12.7 Å². The summed E-state index contributed by atoms with van der Waals surface area (Å²) in [5.74, 6) is -1.17. The van der Waals surface area contributed by atoms with Crippen LogP contribution in [0.3, 0.4) is 0 Å². The monoisotopic (exact) mass is 322 g/mol. The summed E-state index contributed by atoms with van der Waals surface area (Å²) in [6.45, 7) is 2.87. The van der Waals surface area contributed by atoms with Crippen molar-refractivity contribution in [2.45, 2.75) is 39.0 Å². The summed E-state index contributed by atoms with van der Waals surface area (Å²) in [5.41, 5.74) is 0. The van der Waals surface area contributed by atoms with Gasteiger partial charge in [0.25, 0.3) is 10.2 Å². The molecule has 0 spiro atoms. The first-order valence-electron chi connectivity index (χ1n) is 7.49. The van der Waals surface area contributed by atoms with Crippen LogP contribution in [-0.2, 0) is 15.0 Å². The van der Waals surface area contributed by atoms with Crippen molar-refractivity contribution in [2.75, 3.05) is 26.2 Å². The van der Waals surface area contributed by atoms with Gasteiger partial charge in [0, 0.05) is 26.2 Å². The molecule has 1 rings (SSSR count). The second-order valence-corrected chi connectivity index (χ2v) is 7.29. The van der Waals surface area contributed by atoms with Gasteiger partial charge in [-0.3, -0.25) is 4.79 Å². The first-order valence-corrected chi connectivity index (χ1v) is 8.93. The summed E-state index contributed by atoms with van der Waals surface area (Å²) in [7, 11) is -3.56. The lowest BCUT2D eigenvalue weighted by Crippen LogP contribution is -2.47. The number of aliphatic hydroxyl groups excluding tert-OH is 1. The van der Waals surface area contributed by atoms with Crippen molar-refractivity contribution in [2.24, 2.45) is 11.8 Å². The molecule has 3 N–H and O–H groups in total. The highest BCUT2D eigenvalue weighted by atomic mass is 32.2. The summed E-state index contributed by atoms with van der Waals surface area (Å²) < 4.78 is 28.3. The van der Waals surface area contributed by atoms with Crippen LogP contribution in [0.2, 0.25) is 0 Å². The summed E-state index contributed by atoms with van der Waals surface area (Å²) in [4.78, 5) is 10.9. The van der Waals surface area contributed by atoms with Crippen LogP contribution < -0.4 is 4.72 Å². The summed E-state index contributed by atoms with van der Waals surface area (Å²) in [5, 5.41) is 17.9. The van der Waals surface area contributed by atoms with Gasteiger partial charge in [0.2, 0.25) is 0 Å². The van der Waals surface area contributed by atoms with E-state index in [1.807, 2.05) is 6.92 Å². The van der Waals surface area contributed by atoms with Gasteiger partial charge in [0.15, 0.2) is 0 Å². The number of hydrogen-bond donors (Lipinski definition) is 3. The Balaban J connectivity index is 2.48. The molecule has 1 saturated heterocycles. The molecule has 0 aromatic heterocycles. The molecular weight excluding hydrogens is 296 g/mol. The standard InChI is InChI=1S/C13H26N2O5S/c1-2-3-11(6-9-16)10-14-21(19,20)15-7-4-12(5-8-15)13(17)18/h11-12,14,16H,2-10H2,1H3,(H,17,18). The van der Waals surface area contributed by atoms with Gasteiger partial charge >= 0.3 is 5.97 Å². The van der Waals surface area contributed by atoms with Crippen LogP contribution in [0.15, 0.2) is 0 Å². The van der Waals surface area contributed by atoms with E-state index in [1.54, 1.807) is 0 Å². The second kappa shape index (κ2) is 8.67. The molecule has 0 radical (unpaired) electrons. The minimum absolute atomic E-state index is 0.0520. The minimum atomic E-state index is -3.56. The fraction of sp³-hybridized carbons (Fsp3) is 0.923. The summed E-state index contributed by atoms with van der Waals surface area (Å²) in [6, 6.07) is 0. The van der Waals surface area contributed by atoms with Gasteiger partial charge < -0.3 is 10.2 Å². The third-order valence-electron chi connectivity index (χ3n) is 3.93. The molecule has 124 valence electrons. The summed E-state index contributed by atoms with van der Waals surface area (Å²) in [6.07, 6.45) is 3.09. The van der Waals surface area contributed by atoms with E-state index in [0.717, 1.165) is 12.8 Å². The van der Waals surface area contributed by atoms with Crippen LogP contribution in [0, 0.1) is 11.8 Å². The first kappa shape index (κ1) is 18.3. The maximum Gasteiger partial charge on any atom is 0.306 e. The average Bonchev–Trinajstić information content (AvgIpc) is 2.45. The van der Waals surface area contributed by atoms with E-state index in [-0.39, 0.29) is 25.6 Å². The predicted molar refractivity (Wildman–Crippen MR) is 79.0 cm³/mol. The number of carbonyl (C=O) groups is 1. The molecule has 21 heavy (non-hydrogen) atoms. The topological polar surface area (TPSA) is 107 Å². The van der Waals surface area contributed by atoms with Crippen molar-refractivity contribution in [1.29, 1.82) is 0 Å². The third-order valence-corrected chi connectivity index (χ3v) is 5.51. The Hall–Kier alpha value is -0.700. The SMILES string of the molecule is CCCC(CCO)CNS(=O)(=O)N1CCC(C(=O)O)CC1. The highest BCUT2D eigenvalue weighted by molar-refractivity contribution is 7.87. The lowest BCUT2D eigenvalue weighted by Gasteiger charge is -2.29. The molecule has 0 aromatic rings. The predicted octanol–water partition coefficient (Wildman–Crippen LogP) is 0.416. The molecule has 0 amide bonds. The van der Waals surface area contributed by atoms with Crippen molar-refractivity contribution in [1.82, 2.24) is 9.03 Å². The van der Waals surface area contributed by atoms with Gasteiger partial charge in [0.05, 0.1) is 5.92 Å². The van der Waals surface area contributed by atoms with E-state index in [9.17, 15) is 13.2 Å². The fourth-order valence-electron chi connectivity index (χ4n) is 2.60. The van der Waals surface area contributed by atoms with Crippen LogP contribution in [0.5, 0.6) is 0 Å². The smallest absolute Gasteiger partial charge is 0.306 e. The summed E-state index contributed by atoms with van der Waals surface area (Å²) >= 11 is 0. The number of carboxylic acid groups (broad SMARTS) is 1. The molecule has 1 atom stereocenters. The van der Waals surface area contributed by atoms with E-state index in [1.165, 1.54) is 4.31 Å². The molecule has 0 bridgehead atoms. The quantitative estimate of drug-likeness (QED) is 0.570. The molecule has 1 fully saturated rings. The molecule has 7 nitrogen and oxygen atoms in total. The van der Waals surface area contributed by atoms with E-state index < -0.39 is 22.1 Å². The maximum absolute atomic E-state index is 12.2. The van der Waals surface area contributed by atoms with Gasteiger partial charge in [-0.15, -0.1) is 0 Å². The Bertz CT molecular complexity index is 412. The van der Waals surface area contributed by atoms with Crippen LogP contribution in [0.25, 0.3) is 0 Å². The van der Waals surface area contributed by atoms with E-state index in [2.05, 4.69) is 4.72 Å². The van der Waals surface area contributed by atoms with Crippen LogP contribution >= 0.6 is 0 Å². The Morgan fingerprint density at radius 1 is 1.33 bits per heavy atom. The minimum Gasteiger partial charge on any atom is -0.481 e. The van der Waals surface area contributed by atoms with Crippen molar-refractivity contribution in [3.63, 3.8) is 0 Å². The largest absolute Gasteiger partial charge is 0.481 e. The number of nitrogens with zero attached hydrogens (tertiary/aromatic N) is 1. The van der Waals surface area contributed by atoms with E-state index >= 15 is 0 Å². The number of hydrogen-bond acceptors (Lipinski definition) is 4. The second-order valence-electron chi connectivity index (χ2n) is 5.53. The molecule has 1 heterocycles. The molecule has 0 aromatic carbocycles. The average molecular weight is 322 g/mol. The molecular formula is C13H26N2O5S. The van der Waals surface area contributed by atoms with Gasteiger partial charge in [-0.25, -0.2) is 4.72 Å². The van der Waals surface area contributed by atoms with Crippen molar-refractivity contribution in [3.8, 4) is 0 Å². The van der Waals surface area contributed by atoms with Crippen molar-refractivity contribution >= 4 is 16.2 Å². The molecule has 1 unspecified atom stereocenters. The zero-order valence-corrected chi connectivity index (χ0v) is 13.3. The van der Waals surface area contributed by atoms with E-state index in [0.29, 0.717) is 25.8 Å². The lowest BCUT2D eigenvalue weighted by atomic mass is 9.99. The Kier molecular flexibility index (Phi) is 7.58. The number of carboxylic acids is 1. The molecule has 1 aliphatic heterocycles. The van der Waals surface area contributed by atoms with Crippen molar-refractivity contribution < 1.29 is 23.4 Å². The Morgan fingerprint density at radius 2 is 1.95 bits per heavy atom. The van der Waals surface area contributed by atoms with Gasteiger partial charge in [-0.1, -0.05) is 13.3 Å². The van der Waals surface area contributed by atoms with Crippen LogP contribution in [0.4, 0.5) is 0 Å². The fourth-order valence-corrected chi connectivity index (χ4v) is 3.92. The first-order chi connectivity index (χ1) is 9.90. The van der Waals surface area contributed by atoms with Crippen LogP contribution in [0.1, 0.15) is 39.0 Å². The number of nitrogens with one attached hydrogen (secondary N) is 1. The lowest BCUT2D eigenvalue weighted by molar-refractivity contribution is -0.142. The molecule has 8 heteroatoms. The highest BCUT2D eigenvalue weighted by Crippen LogP contribution is 2.19.